The summed E-state index contributed by atoms with van der Waals surface area (Å²) in [5, 5.41) is 0. The fourth-order valence-electron chi connectivity index (χ4n) is 3.52. The lowest BCUT2D eigenvalue weighted by Gasteiger charge is -2.38. The molecule has 2 N–H and O–H groups in total. The molecule has 1 aliphatic rings. The van der Waals surface area contributed by atoms with E-state index in [0.29, 0.717) is 30.1 Å². The third kappa shape index (κ3) is 5.21. The van der Waals surface area contributed by atoms with Crippen LogP contribution in [0.5, 0.6) is 0 Å². The molecule has 26 heavy (non-hydrogen) atoms. The Morgan fingerprint density at radius 2 is 1.81 bits per heavy atom. The topological polar surface area (TPSA) is 66.6 Å². The highest BCUT2D eigenvalue weighted by molar-refractivity contribution is 5.98. The third-order valence-corrected chi connectivity index (χ3v) is 5.05. The first-order valence-electron chi connectivity index (χ1n) is 9.42. The van der Waals surface area contributed by atoms with E-state index in [0.717, 1.165) is 32.4 Å². The zero-order valence-electron chi connectivity index (χ0n) is 16.1. The molecule has 0 bridgehead atoms. The van der Waals surface area contributed by atoms with Gasteiger partial charge in [-0.25, -0.2) is 0 Å². The number of rotatable bonds is 6. The van der Waals surface area contributed by atoms with Gasteiger partial charge in [0.05, 0.1) is 0 Å². The normalized spacial score (nSPS) is 19.6. The number of carbonyl (C=O) groups is 2. The van der Waals surface area contributed by atoms with Gasteiger partial charge < -0.3 is 15.5 Å². The molecule has 1 aliphatic heterocycles. The van der Waals surface area contributed by atoms with Gasteiger partial charge in [0, 0.05) is 43.3 Å². The molecule has 1 aromatic carbocycles. The van der Waals surface area contributed by atoms with Crippen LogP contribution in [0.1, 0.15) is 60.7 Å². The van der Waals surface area contributed by atoms with Gasteiger partial charge in [-0.15, -0.1) is 12.4 Å². The molecule has 0 spiro atoms. The average Bonchev–Trinajstić information content (AvgIpc) is 2.65. The molecular weight excluding hydrogens is 350 g/mol. The molecular formula is C20H32ClN3O2. The van der Waals surface area contributed by atoms with Gasteiger partial charge in [0.25, 0.3) is 11.8 Å². The van der Waals surface area contributed by atoms with Gasteiger partial charge in [-0.1, -0.05) is 13.8 Å². The lowest BCUT2D eigenvalue weighted by atomic mass is 9.92. The second kappa shape index (κ2) is 10.5. The van der Waals surface area contributed by atoms with Crippen LogP contribution < -0.4 is 5.73 Å². The Kier molecular flexibility index (Phi) is 9.09. The van der Waals surface area contributed by atoms with Crippen molar-refractivity contribution in [1.82, 2.24) is 9.80 Å². The molecule has 1 heterocycles. The van der Waals surface area contributed by atoms with Crippen molar-refractivity contribution in [2.24, 2.45) is 11.7 Å². The van der Waals surface area contributed by atoms with Crippen LogP contribution in [0.25, 0.3) is 0 Å². The molecule has 2 amide bonds. The van der Waals surface area contributed by atoms with Gasteiger partial charge in [0.15, 0.2) is 0 Å². The van der Waals surface area contributed by atoms with Gasteiger partial charge in [-0.05, 0) is 56.4 Å². The van der Waals surface area contributed by atoms with E-state index in [9.17, 15) is 9.59 Å². The van der Waals surface area contributed by atoms with E-state index in [1.807, 2.05) is 16.7 Å². The van der Waals surface area contributed by atoms with Crippen molar-refractivity contribution < 1.29 is 9.59 Å². The Morgan fingerprint density at radius 1 is 1.19 bits per heavy atom. The van der Waals surface area contributed by atoms with Crippen molar-refractivity contribution in [3.05, 3.63) is 35.4 Å². The first-order chi connectivity index (χ1) is 12.0. The maximum absolute atomic E-state index is 12.8. The van der Waals surface area contributed by atoms with Crippen molar-refractivity contribution in [1.29, 1.82) is 0 Å². The van der Waals surface area contributed by atoms with E-state index in [1.165, 1.54) is 0 Å². The first kappa shape index (κ1) is 22.5. The summed E-state index contributed by atoms with van der Waals surface area (Å²) < 4.78 is 0. The Bertz CT molecular complexity index is 591. The van der Waals surface area contributed by atoms with Crippen molar-refractivity contribution in [3.8, 4) is 0 Å². The van der Waals surface area contributed by atoms with Crippen LogP contribution in [0.3, 0.4) is 0 Å². The molecule has 0 radical (unpaired) electrons. The summed E-state index contributed by atoms with van der Waals surface area (Å²) in [6.45, 7) is 8.94. The van der Waals surface area contributed by atoms with Crippen molar-refractivity contribution in [2.45, 2.75) is 46.1 Å². The fourth-order valence-corrected chi connectivity index (χ4v) is 3.52. The summed E-state index contributed by atoms with van der Waals surface area (Å²) in [5.74, 6) is 0.647. The van der Waals surface area contributed by atoms with Gasteiger partial charge in [0.2, 0.25) is 0 Å². The van der Waals surface area contributed by atoms with E-state index < -0.39 is 0 Å². The zero-order valence-corrected chi connectivity index (χ0v) is 16.9. The highest BCUT2D eigenvalue weighted by Crippen LogP contribution is 2.24. The Balaban J connectivity index is 0.00000338. The summed E-state index contributed by atoms with van der Waals surface area (Å²) in [7, 11) is 0. The smallest absolute Gasteiger partial charge is 0.254 e. The minimum atomic E-state index is 0. The molecule has 1 saturated heterocycles. The Labute approximate surface area is 163 Å². The number of nitrogens with zero attached hydrogens (tertiary/aromatic N) is 2. The average molecular weight is 382 g/mol. The van der Waals surface area contributed by atoms with E-state index in [4.69, 9.17) is 5.73 Å². The standard InChI is InChI=1S/C20H31N3O2.ClH/c1-4-11-22(5-2)19(24)16-6-8-17(9-7-16)20(25)23-12-10-15(3)13-18(23)14-21;/h6-9,15,18H,4-5,10-14,21H2,1-3H3;1H. The second-order valence-corrected chi connectivity index (χ2v) is 6.98. The number of likely N-dealkylation sites (tertiary alicyclic amines) is 1. The number of hydrogen-bond donors (Lipinski definition) is 1. The molecule has 0 aliphatic carbocycles. The van der Waals surface area contributed by atoms with E-state index >= 15 is 0 Å². The van der Waals surface area contributed by atoms with Crippen LogP contribution in [-0.2, 0) is 0 Å². The lowest BCUT2D eigenvalue weighted by molar-refractivity contribution is 0.0573. The van der Waals surface area contributed by atoms with Crippen LogP contribution >= 0.6 is 12.4 Å². The number of halogens is 1. The molecule has 1 fully saturated rings. The molecule has 2 unspecified atom stereocenters. The third-order valence-electron chi connectivity index (χ3n) is 5.05. The van der Waals surface area contributed by atoms with Crippen LogP contribution in [0, 0.1) is 5.92 Å². The highest BCUT2D eigenvalue weighted by Gasteiger charge is 2.29. The molecule has 2 rings (SSSR count). The number of benzene rings is 1. The molecule has 6 heteroatoms. The lowest BCUT2D eigenvalue weighted by Crippen LogP contribution is -2.49. The number of hydrogen-bond acceptors (Lipinski definition) is 3. The maximum Gasteiger partial charge on any atom is 0.254 e. The van der Waals surface area contributed by atoms with Crippen molar-refractivity contribution in [2.75, 3.05) is 26.2 Å². The largest absolute Gasteiger partial charge is 0.339 e. The van der Waals surface area contributed by atoms with Crippen LogP contribution in [0.4, 0.5) is 0 Å². The monoisotopic (exact) mass is 381 g/mol. The van der Waals surface area contributed by atoms with Gasteiger partial charge >= 0.3 is 0 Å². The number of amides is 2. The predicted molar refractivity (Wildman–Crippen MR) is 108 cm³/mol. The number of piperidine rings is 1. The van der Waals surface area contributed by atoms with Crippen LogP contribution in [0.15, 0.2) is 24.3 Å². The quantitative estimate of drug-likeness (QED) is 0.822. The van der Waals surface area contributed by atoms with Gasteiger partial charge in [0.1, 0.15) is 0 Å². The summed E-state index contributed by atoms with van der Waals surface area (Å²) >= 11 is 0. The van der Waals surface area contributed by atoms with E-state index in [-0.39, 0.29) is 30.3 Å². The van der Waals surface area contributed by atoms with Crippen LogP contribution in [0.2, 0.25) is 0 Å². The van der Waals surface area contributed by atoms with E-state index in [2.05, 4.69) is 13.8 Å². The van der Waals surface area contributed by atoms with Gasteiger partial charge in [-0.3, -0.25) is 9.59 Å². The number of nitrogens with two attached hydrogens (primary N) is 1. The Hall–Kier alpha value is -1.59. The van der Waals surface area contributed by atoms with Crippen molar-refractivity contribution in [3.63, 3.8) is 0 Å². The fraction of sp³-hybridized carbons (Fsp3) is 0.600. The zero-order chi connectivity index (χ0) is 18.4. The Morgan fingerprint density at radius 3 is 2.35 bits per heavy atom. The molecule has 1 aromatic rings. The summed E-state index contributed by atoms with van der Waals surface area (Å²) in [4.78, 5) is 29.0. The van der Waals surface area contributed by atoms with Crippen LogP contribution in [-0.4, -0.2) is 53.8 Å². The second-order valence-electron chi connectivity index (χ2n) is 6.98. The summed E-state index contributed by atoms with van der Waals surface area (Å²) in [5.41, 5.74) is 7.13. The number of carbonyl (C=O) groups excluding carboxylic acids is 2. The summed E-state index contributed by atoms with van der Waals surface area (Å²) in [6, 6.07) is 7.16. The minimum Gasteiger partial charge on any atom is -0.339 e. The molecule has 2 atom stereocenters. The molecule has 5 nitrogen and oxygen atoms in total. The summed E-state index contributed by atoms with van der Waals surface area (Å²) in [6.07, 6.45) is 2.91. The SMILES string of the molecule is CCCN(CC)C(=O)c1ccc(C(=O)N2CCC(C)CC2CN)cc1.Cl. The van der Waals surface area contributed by atoms with Gasteiger partial charge in [-0.2, -0.15) is 0 Å². The molecule has 0 saturated carbocycles. The first-order valence-corrected chi connectivity index (χ1v) is 9.42. The molecule has 146 valence electrons. The highest BCUT2D eigenvalue weighted by atomic mass is 35.5. The predicted octanol–water partition coefficient (Wildman–Crippen LogP) is 3.18. The maximum atomic E-state index is 12.8. The molecule has 0 aromatic heterocycles. The van der Waals surface area contributed by atoms with E-state index in [1.54, 1.807) is 24.3 Å². The minimum absolute atomic E-state index is 0. The van der Waals surface area contributed by atoms with Crippen molar-refractivity contribution >= 4 is 24.2 Å².